The fourth-order valence-corrected chi connectivity index (χ4v) is 2.86. The van der Waals surface area contributed by atoms with Crippen LogP contribution < -0.4 is 5.32 Å². The lowest BCUT2D eigenvalue weighted by molar-refractivity contribution is -0.143. The van der Waals surface area contributed by atoms with Crippen molar-refractivity contribution in [2.75, 3.05) is 26.2 Å². The van der Waals surface area contributed by atoms with Crippen molar-refractivity contribution < 1.29 is 14.4 Å². The molecule has 0 unspecified atom stereocenters. The van der Waals surface area contributed by atoms with Crippen LogP contribution in [0.3, 0.4) is 0 Å². The lowest BCUT2D eigenvalue weighted by Gasteiger charge is -2.34. The summed E-state index contributed by atoms with van der Waals surface area (Å²) in [6.07, 6.45) is 1.36. The van der Waals surface area contributed by atoms with Gasteiger partial charge in [-0.1, -0.05) is 13.8 Å². The Balaban J connectivity index is 2.53. The predicted molar refractivity (Wildman–Crippen MR) is 89.7 cm³/mol. The number of likely N-dealkylation sites (tertiary alicyclic amines) is 1. The molecular weight excluding hydrogens is 294 g/mol. The zero-order chi connectivity index (χ0) is 17.6. The van der Waals surface area contributed by atoms with Gasteiger partial charge < -0.3 is 15.1 Å². The van der Waals surface area contributed by atoms with Crippen molar-refractivity contribution in [3.8, 4) is 0 Å². The van der Waals surface area contributed by atoms with Gasteiger partial charge >= 0.3 is 0 Å². The van der Waals surface area contributed by atoms with Crippen molar-refractivity contribution in [2.45, 2.75) is 53.5 Å². The average molecular weight is 325 g/mol. The summed E-state index contributed by atoms with van der Waals surface area (Å²) >= 11 is 0. The molecule has 0 aromatic carbocycles. The molecule has 6 nitrogen and oxygen atoms in total. The number of nitrogens with zero attached hydrogens (tertiary/aromatic N) is 2. The summed E-state index contributed by atoms with van der Waals surface area (Å²) in [5.74, 6) is -0.0302. The van der Waals surface area contributed by atoms with Gasteiger partial charge in [0.15, 0.2) is 0 Å². The highest BCUT2D eigenvalue weighted by molar-refractivity contribution is 5.86. The molecule has 1 saturated heterocycles. The fraction of sp³-hybridized carbons (Fsp3) is 0.824. The maximum absolute atomic E-state index is 12.6. The van der Waals surface area contributed by atoms with E-state index in [9.17, 15) is 14.4 Å². The Morgan fingerprint density at radius 1 is 1.13 bits per heavy atom. The SMILES string of the molecule is CCN(CC(=O)NC(C)C)C(=O)C1CCN(C(=O)C(C)C)CC1. The number of hydrogen-bond acceptors (Lipinski definition) is 3. The summed E-state index contributed by atoms with van der Waals surface area (Å²) in [7, 11) is 0. The molecule has 0 spiro atoms. The van der Waals surface area contributed by atoms with Crippen LogP contribution in [0, 0.1) is 11.8 Å². The van der Waals surface area contributed by atoms with E-state index in [1.54, 1.807) is 4.90 Å². The van der Waals surface area contributed by atoms with Crippen molar-refractivity contribution in [2.24, 2.45) is 11.8 Å². The topological polar surface area (TPSA) is 69.7 Å². The van der Waals surface area contributed by atoms with Crippen LogP contribution >= 0.6 is 0 Å². The smallest absolute Gasteiger partial charge is 0.239 e. The van der Waals surface area contributed by atoms with Gasteiger partial charge in [0.25, 0.3) is 0 Å². The molecule has 1 aliphatic heterocycles. The van der Waals surface area contributed by atoms with Crippen molar-refractivity contribution in [1.29, 1.82) is 0 Å². The quantitative estimate of drug-likeness (QED) is 0.799. The molecule has 0 aromatic rings. The van der Waals surface area contributed by atoms with E-state index in [1.807, 2.05) is 39.5 Å². The van der Waals surface area contributed by atoms with E-state index in [0.29, 0.717) is 32.5 Å². The van der Waals surface area contributed by atoms with Crippen LogP contribution in [-0.2, 0) is 14.4 Å². The first kappa shape index (κ1) is 19.5. The molecule has 1 rings (SSSR count). The number of hydrogen-bond donors (Lipinski definition) is 1. The molecule has 23 heavy (non-hydrogen) atoms. The first-order chi connectivity index (χ1) is 10.8. The molecule has 0 saturated carbocycles. The molecule has 132 valence electrons. The van der Waals surface area contributed by atoms with E-state index in [4.69, 9.17) is 0 Å². The summed E-state index contributed by atoms with van der Waals surface area (Å²) in [5.41, 5.74) is 0. The lowest BCUT2D eigenvalue weighted by Crippen LogP contribution is -2.48. The van der Waals surface area contributed by atoms with E-state index in [2.05, 4.69) is 5.32 Å². The molecular formula is C17H31N3O3. The molecule has 0 radical (unpaired) electrons. The molecule has 1 N–H and O–H groups in total. The molecule has 6 heteroatoms. The van der Waals surface area contributed by atoms with Crippen molar-refractivity contribution in [1.82, 2.24) is 15.1 Å². The van der Waals surface area contributed by atoms with Gasteiger partial charge in [0, 0.05) is 37.5 Å². The maximum Gasteiger partial charge on any atom is 0.239 e. The minimum absolute atomic E-state index is 0.00544. The van der Waals surface area contributed by atoms with Crippen LogP contribution in [0.25, 0.3) is 0 Å². The number of piperidine rings is 1. The Labute approximate surface area is 139 Å². The Morgan fingerprint density at radius 3 is 2.13 bits per heavy atom. The van der Waals surface area contributed by atoms with Gasteiger partial charge in [-0.15, -0.1) is 0 Å². The van der Waals surface area contributed by atoms with Gasteiger partial charge in [0.2, 0.25) is 17.7 Å². The highest BCUT2D eigenvalue weighted by Crippen LogP contribution is 2.21. The molecule has 0 aliphatic carbocycles. The van der Waals surface area contributed by atoms with Gasteiger partial charge in [0.1, 0.15) is 0 Å². The summed E-state index contributed by atoms with van der Waals surface area (Å²) < 4.78 is 0. The monoisotopic (exact) mass is 325 g/mol. The summed E-state index contributed by atoms with van der Waals surface area (Å²) in [6, 6.07) is 0.0709. The average Bonchev–Trinajstić information content (AvgIpc) is 2.50. The molecule has 0 bridgehead atoms. The Bertz CT molecular complexity index is 427. The molecule has 1 aliphatic rings. The van der Waals surface area contributed by atoms with E-state index in [0.717, 1.165) is 0 Å². The number of likely N-dealkylation sites (N-methyl/N-ethyl adjacent to an activating group) is 1. The molecule has 3 amide bonds. The third-order valence-electron chi connectivity index (χ3n) is 4.13. The zero-order valence-electron chi connectivity index (χ0n) is 15.1. The highest BCUT2D eigenvalue weighted by Gasteiger charge is 2.31. The summed E-state index contributed by atoms with van der Waals surface area (Å²) in [6.45, 7) is 11.4. The van der Waals surface area contributed by atoms with Crippen molar-refractivity contribution >= 4 is 17.7 Å². The van der Waals surface area contributed by atoms with E-state index < -0.39 is 0 Å². The molecule has 1 fully saturated rings. The fourth-order valence-electron chi connectivity index (χ4n) is 2.86. The summed E-state index contributed by atoms with van der Waals surface area (Å²) in [5, 5.41) is 2.81. The van der Waals surface area contributed by atoms with E-state index in [-0.39, 0.29) is 42.1 Å². The van der Waals surface area contributed by atoms with Gasteiger partial charge in [-0.05, 0) is 33.6 Å². The van der Waals surface area contributed by atoms with Crippen LogP contribution in [0.15, 0.2) is 0 Å². The van der Waals surface area contributed by atoms with E-state index in [1.165, 1.54) is 0 Å². The number of nitrogens with one attached hydrogen (secondary N) is 1. The van der Waals surface area contributed by atoms with Crippen LogP contribution in [-0.4, -0.2) is 59.7 Å². The summed E-state index contributed by atoms with van der Waals surface area (Å²) in [4.78, 5) is 39.9. The minimum atomic E-state index is -0.123. The van der Waals surface area contributed by atoms with Crippen molar-refractivity contribution in [3.63, 3.8) is 0 Å². The largest absolute Gasteiger partial charge is 0.352 e. The second kappa shape index (κ2) is 8.89. The zero-order valence-corrected chi connectivity index (χ0v) is 15.1. The molecule has 0 atom stereocenters. The number of carbonyl (C=O) groups excluding carboxylic acids is 3. The van der Waals surface area contributed by atoms with Crippen LogP contribution in [0.1, 0.15) is 47.5 Å². The Kier molecular flexibility index (Phi) is 7.52. The standard InChI is InChI=1S/C17H31N3O3/c1-6-19(11-15(21)18-13(4)5)17(23)14-7-9-20(10-8-14)16(22)12(2)3/h12-14H,6-11H2,1-5H3,(H,18,21). The van der Waals surface area contributed by atoms with Crippen LogP contribution in [0.4, 0.5) is 0 Å². The highest BCUT2D eigenvalue weighted by atomic mass is 16.2. The predicted octanol–water partition coefficient (Wildman–Crippen LogP) is 1.25. The first-order valence-corrected chi connectivity index (χ1v) is 8.63. The third-order valence-corrected chi connectivity index (χ3v) is 4.13. The number of carbonyl (C=O) groups is 3. The van der Waals surface area contributed by atoms with Gasteiger partial charge in [0.05, 0.1) is 6.54 Å². The van der Waals surface area contributed by atoms with Gasteiger partial charge in [-0.3, -0.25) is 14.4 Å². The third kappa shape index (κ3) is 5.84. The Morgan fingerprint density at radius 2 is 1.70 bits per heavy atom. The maximum atomic E-state index is 12.6. The Hall–Kier alpha value is -1.59. The lowest BCUT2D eigenvalue weighted by atomic mass is 9.94. The normalized spacial score (nSPS) is 15.9. The molecule has 0 aromatic heterocycles. The van der Waals surface area contributed by atoms with Gasteiger partial charge in [-0.2, -0.15) is 0 Å². The number of rotatable bonds is 6. The first-order valence-electron chi connectivity index (χ1n) is 8.63. The minimum Gasteiger partial charge on any atom is -0.352 e. The van der Waals surface area contributed by atoms with Crippen LogP contribution in [0.2, 0.25) is 0 Å². The van der Waals surface area contributed by atoms with Gasteiger partial charge in [-0.25, -0.2) is 0 Å². The second-order valence-electron chi connectivity index (χ2n) is 6.83. The van der Waals surface area contributed by atoms with E-state index >= 15 is 0 Å². The van der Waals surface area contributed by atoms with Crippen LogP contribution in [0.5, 0.6) is 0 Å². The number of amides is 3. The van der Waals surface area contributed by atoms with Crippen molar-refractivity contribution in [3.05, 3.63) is 0 Å². The molecule has 1 heterocycles. The second-order valence-corrected chi connectivity index (χ2v) is 6.83.